The maximum Gasteiger partial charge on any atom is 0.325 e. The smallest absolute Gasteiger partial charge is 0.325 e. The van der Waals surface area contributed by atoms with E-state index in [2.05, 4.69) is 31.0 Å². The first-order valence-electron chi connectivity index (χ1n) is 8.59. The molecule has 4 heteroatoms. The number of hydrogen-bond acceptors (Lipinski definition) is 4. The van der Waals surface area contributed by atoms with Gasteiger partial charge in [-0.2, -0.15) is 0 Å². The number of nitrogens with one attached hydrogen (secondary N) is 1. The van der Waals surface area contributed by atoms with E-state index in [4.69, 9.17) is 4.74 Å². The van der Waals surface area contributed by atoms with Gasteiger partial charge in [0, 0.05) is 0 Å². The molecule has 0 saturated carbocycles. The van der Waals surface area contributed by atoms with E-state index in [1.54, 1.807) is 0 Å². The van der Waals surface area contributed by atoms with E-state index < -0.39 is 5.54 Å². The summed E-state index contributed by atoms with van der Waals surface area (Å²) in [6.45, 7) is 12.9. The van der Waals surface area contributed by atoms with Gasteiger partial charge in [-0.3, -0.25) is 4.79 Å². The molecule has 0 heterocycles. The van der Waals surface area contributed by atoms with Crippen molar-refractivity contribution in [3.63, 3.8) is 0 Å². The van der Waals surface area contributed by atoms with Crippen molar-refractivity contribution < 1.29 is 9.53 Å². The molecule has 0 aromatic rings. The van der Waals surface area contributed by atoms with Crippen LogP contribution >= 0.6 is 0 Å². The van der Waals surface area contributed by atoms with Gasteiger partial charge in [0.1, 0.15) is 5.54 Å². The summed E-state index contributed by atoms with van der Waals surface area (Å²) in [4.78, 5) is 14.5. The highest BCUT2D eigenvalue weighted by Crippen LogP contribution is 2.16. The Kier molecular flexibility index (Phi) is 11.6. The Hall–Kier alpha value is -0.610. The van der Waals surface area contributed by atoms with E-state index in [0.717, 1.165) is 38.8 Å². The zero-order valence-corrected chi connectivity index (χ0v) is 14.8. The van der Waals surface area contributed by atoms with Gasteiger partial charge in [-0.1, -0.05) is 20.8 Å². The van der Waals surface area contributed by atoms with Crippen molar-refractivity contribution in [2.45, 2.75) is 71.8 Å². The molecule has 0 aromatic carbocycles. The largest absolute Gasteiger partial charge is 0.468 e. The Morgan fingerprint density at radius 1 is 1.05 bits per heavy atom. The molecule has 21 heavy (non-hydrogen) atoms. The second-order valence-electron chi connectivity index (χ2n) is 6.05. The number of unbranched alkanes of at least 4 members (excludes halogenated alkanes) is 1. The molecular weight excluding hydrogens is 264 g/mol. The molecule has 0 spiro atoms. The van der Waals surface area contributed by atoms with Crippen molar-refractivity contribution in [3.05, 3.63) is 0 Å². The van der Waals surface area contributed by atoms with E-state index in [1.165, 1.54) is 33.0 Å². The predicted molar refractivity (Wildman–Crippen MR) is 89.6 cm³/mol. The first-order chi connectivity index (χ1) is 10.0. The molecule has 0 rings (SSSR count). The summed E-state index contributed by atoms with van der Waals surface area (Å²) in [5, 5.41) is 3.35. The number of nitrogens with zero attached hydrogens (tertiary/aromatic N) is 1. The number of carbonyl (C=O) groups excluding carboxylic acids is 1. The van der Waals surface area contributed by atoms with Crippen molar-refractivity contribution >= 4 is 5.97 Å². The summed E-state index contributed by atoms with van der Waals surface area (Å²) in [7, 11) is 1.47. The molecule has 0 radical (unpaired) electrons. The predicted octanol–water partition coefficient (Wildman–Crippen LogP) is 3.21. The second-order valence-corrected chi connectivity index (χ2v) is 6.05. The highest BCUT2D eigenvalue weighted by molar-refractivity contribution is 5.80. The van der Waals surface area contributed by atoms with Gasteiger partial charge in [-0.15, -0.1) is 0 Å². The number of esters is 1. The first-order valence-corrected chi connectivity index (χ1v) is 8.59. The first kappa shape index (κ1) is 20.4. The zero-order valence-electron chi connectivity index (χ0n) is 14.8. The minimum atomic E-state index is -0.537. The summed E-state index contributed by atoms with van der Waals surface area (Å²) in [5.74, 6) is -0.144. The number of hydrogen-bond donors (Lipinski definition) is 1. The highest BCUT2D eigenvalue weighted by atomic mass is 16.5. The van der Waals surface area contributed by atoms with Crippen LogP contribution in [0.2, 0.25) is 0 Å². The molecule has 0 saturated heterocycles. The van der Waals surface area contributed by atoms with Gasteiger partial charge in [-0.25, -0.2) is 0 Å². The lowest BCUT2D eigenvalue weighted by atomic mass is 9.94. The molecule has 126 valence electrons. The topological polar surface area (TPSA) is 41.6 Å². The van der Waals surface area contributed by atoms with Gasteiger partial charge in [0.2, 0.25) is 0 Å². The fourth-order valence-electron chi connectivity index (χ4n) is 2.67. The third kappa shape index (κ3) is 8.42. The third-order valence-electron chi connectivity index (χ3n) is 3.88. The molecule has 4 nitrogen and oxygen atoms in total. The number of ether oxygens (including phenoxy) is 1. The van der Waals surface area contributed by atoms with Crippen LogP contribution in [0.25, 0.3) is 0 Å². The van der Waals surface area contributed by atoms with Crippen LogP contribution in [0.3, 0.4) is 0 Å². The normalized spacial score (nSPS) is 14.2. The number of rotatable bonds is 13. The fraction of sp³-hybridized carbons (Fsp3) is 0.941. The molecule has 1 unspecified atom stereocenters. The lowest BCUT2D eigenvalue weighted by molar-refractivity contribution is -0.148. The minimum absolute atomic E-state index is 0.144. The average molecular weight is 300 g/mol. The zero-order chi connectivity index (χ0) is 16.1. The minimum Gasteiger partial charge on any atom is -0.468 e. The fourth-order valence-corrected chi connectivity index (χ4v) is 2.67. The molecule has 0 aliphatic rings. The van der Waals surface area contributed by atoms with E-state index in [1.807, 2.05) is 6.92 Å². The molecule has 0 aliphatic carbocycles. The van der Waals surface area contributed by atoms with Crippen LogP contribution in [-0.2, 0) is 9.53 Å². The van der Waals surface area contributed by atoms with Crippen LogP contribution in [0.1, 0.15) is 66.2 Å². The summed E-state index contributed by atoms with van der Waals surface area (Å²) in [6, 6.07) is 0. The maximum atomic E-state index is 12.0. The number of carbonyl (C=O) groups is 1. The van der Waals surface area contributed by atoms with Crippen molar-refractivity contribution in [1.82, 2.24) is 10.2 Å². The molecule has 1 N–H and O–H groups in total. The molecule has 0 bridgehead atoms. The van der Waals surface area contributed by atoms with E-state index in [-0.39, 0.29) is 5.97 Å². The summed E-state index contributed by atoms with van der Waals surface area (Å²) >= 11 is 0. The van der Waals surface area contributed by atoms with Crippen LogP contribution in [0, 0.1) is 0 Å². The maximum absolute atomic E-state index is 12.0. The second kappa shape index (κ2) is 12.0. The quantitative estimate of drug-likeness (QED) is 0.419. The lowest BCUT2D eigenvalue weighted by Crippen LogP contribution is -2.50. The third-order valence-corrected chi connectivity index (χ3v) is 3.88. The van der Waals surface area contributed by atoms with Crippen LogP contribution in [0.15, 0.2) is 0 Å². The van der Waals surface area contributed by atoms with Crippen molar-refractivity contribution in [1.29, 1.82) is 0 Å². The van der Waals surface area contributed by atoms with Crippen molar-refractivity contribution in [2.24, 2.45) is 0 Å². The Morgan fingerprint density at radius 2 is 1.67 bits per heavy atom. The van der Waals surface area contributed by atoms with Gasteiger partial charge >= 0.3 is 5.97 Å². The average Bonchev–Trinajstić information content (AvgIpc) is 2.49. The molecule has 0 aromatic heterocycles. The van der Waals surface area contributed by atoms with E-state index >= 15 is 0 Å². The van der Waals surface area contributed by atoms with Crippen molar-refractivity contribution in [2.75, 3.05) is 33.3 Å². The SMILES string of the molecule is CCCNC(C)(CCCCN(CCC)CCC)C(=O)OC. The van der Waals surface area contributed by atoms with Gasteiger partial charge in [0.25, 0.3) is 0 Å². The Balaban J connectivity index is 4.20. The van der Waals surface area contributed by atoms with Crippen LogP contribution < -0.4 is 5.32 Å². The molecule has 0 amide bonds. The lowest BCUT2D eigenvalue weighted by Gasteiger charge is -2.28. The summed E-state index contributed by atoms with van der Waals surface area (Å²) in [5.41, 5.74) is -0.537. The number of methoxy groups -OCH3 is 1. The molecule has 1 atom stereocenters. The Bertz CT molecular complexity index is 266. The van der Waals surface area contributed by atoms with Gasteiger partial charge in [0.15, 0.2) is 0 Å². The molecule has 0 aliphatic heterocycles. The van der Waals surface area contributed by atoms with Crippen LogP contribution in [-0.4, -0.2) is 49.7 Å². The Morgan fingerprint density at radius 3 is 2.14 bits per heavy atom. The molecule has 0 fully saturated rings. The van der Waals surface area contributed by atoms with Gasteiger partial charge < -0.3 is 15.0 Å². The van der Waals surface area contributed by atoms with E-state index in [0.29, 0.717) is 0 Å². The summed E-state index contributed by atoms with van der Waals surface area (Å²) in [6.07, 6.45) is 6.46. The monoisotopic (exact) mass is 300 g/mol. The van der Waals surface area contributed by atoms with Crippen LogP contribution in [0.4, 0.5) is 0 Å². The van der Waals surface area contributed by atoms with E-state index in [9.17, 15) is 4.79 Å². The van der Waals surface area contributed by atoms with Crippen molar-refractivity contribution in [3.8, 4) is 0 Å². The molecular formula is C17H36N2O2. The highest BCUT2D eigenvalue weighted by Gasteiger charge is 2.32. The van der Waals surface area contributed by atoms with Crippen LogP contribution in [0.5, 0.6) is 0 Å². The van der Waals surface area contributed by atoms with Gasteiger partial charge in [-0.05, 0) is 71.6 Å². The van der Waals surface area contributed by atoms with Gasteiger partial charge in [0.05, 0.1) is 7.11 Å². The Labute approximate surface area is 131 Å². The standard InChI is InChI=1S/C17H36N2O2/c1-6-12-18-17(4,16(20)21-5)11-9-10-15-19(13-7-2)14-8-3/h18H,6-15H2,1-5H3. The summed E-state index contributed by atoms with van der Waals surface area (Å²) < 4.78 is 4.96.